The van der Waals surface area contributed by atoms with Crippen LogP contribution in [-0.4, -0.2) is 5.91 Å². The fourth-order valence-electron chi connectivity index (χ4n) is 2.73. The zero-order chi connectivity index (χ0) is 15.5. The summed E-state index contributed by atoms with van der Waals surface area (Å²) in [4.78, 5) is 12.2. The Kier molecular flexibility index (Phi) is 5.74. The van der Waals surface area contributed by atoms with Crippen LogP contribution in [0.15, 0.2) is 42.5 Å². The van der Waals surface area contributed by atoms with Crippen molar-refractivity contribution in [3.63, 3.8) is 0 Å². The summed E-state index contributed by atoms with van der Waals surface area (Å²) in [6.07, 6.45) is 0. The van der Waals surface area contributed by atoms with Gasteiger partial charge in [-0.05, 0) is 41.3 Å². The van der Waals surface area contributed by atoms with Crippen LogP contribution in [0.4, 0.5) is 4.39 Å². The van der Waals surface area contributed by atoms with Crippen LogP contribution in [0.3, 0.4) is 0 Å². The van der Waals surface area contributed by atoms with Gasteiger partial charge < -0.3 is 10.6 Å². The molecule has 0 aliphatic carbocycles. The first-order valence-electron chi connectivity index (χ1n) is 7.48. The molecule has 3 nitrogen and oxygen atoms in total. The van der Waals surface area contributed by atoms with Crippen molar-refractivity contribution in [3.8, 4) is 0 Å². The first-order chi connectivity index (χ1) is 10.6. The maximum atomic E-state index is 13.2. The van der Waals surface area contributed by atoms with Crippen LogP contribution in [0.2, 0.25) is 0 Å². The zero-order valence-electron chi connectivity index (χ0n) is 12.9. The lowest BCUT2D eigenvalue weighted by atomic mass is 10.00. The second kappa shape index (κ2) is 7.57. The van der Waals surface area contributed by atoms with E-state index in [4.69, 9.17) is 0 Å². The van der Waals surface area contributed by atoms with Gasteiger partial charge in [0.25, 0.3) is 0 Å². The van der Waals surface area contributed by atoms with Gasteiger partial charge in [0.15, 0.2) is 0 Å². The minimum atomic E-state index is -0.369. The van der Waals surface area contributed by atoms with E-state index in [9.17, 15) is 9.18 Å². The molecule has 1 unspecified atom stereocenters. The van der Waals surface area contributed by atoms with Crippen molar-refractivity contribution < 1.29 is 9.18 Å². The molecule has 0 aromatic heterocycles. The predicted octanol–water partition coefficient (Wildman–Crippen LogP) is 3.27. The van der Waals surface area contributed by atoms with Crippen LogP contribution >= 0.6 is 12.4 Å². The molecule has 23 heavy (non-hydrogen) atoms. The minimum absolute atomic E-state index is 0. The Balaban J connectivity index is 0.00000192. The number of rotatable bonds is 4. The second-order valence-electron chi connectivity index (χ2n) is 5.70. The Bertz CT molecular complexity index is 705. The number of fused-ring (bicyclic) bond motifs is 1. The molecule has 0 spiro atoms. The van der Waals surface area contributed by atoms with E-state index in [1.54, 1.807) is 19.1 Å². The molecule has 0 saturated heterocycles. The van der Waals surface area contributed by atoms with E-state index >= 15 is 0 Å². The lowest BCUT2D eigenvalue weighted by molar-refractivity contribution is -0.122. The molecule has 3 rings (SSSR count). The summed E-state index contributed by atoms with van der Waals surface area (Å²) in [5.41, 5.74) is 4.39. The summed E-state index contributed by atoms with van der Waals surface area (Å²) < 4.78 is 13.2. The van der Waals surface area contributed by atoms with Gasteiger partial charge in [0.05, 0.1) is 5.92 Å². The van der Waals surface area contributed by atoms with Gasteiger partial charge in [-0.3, -0.25) is 4.79 Å². The highest BCUT2D eigenvalue weighted by molar-refractivity contribution is 5.85. The highest BCUT2D eigenvalue weighted by Crippen LogP contribution is 2.18. The zero-order valence-corrected chi connectivity index (χ0v) is 13.8. The van der Waals surface area contributed by atoms with Crippen molar-refractivity contribution in [1.29, 1.82) is 0 Å². The van der Waals surface area contributed by atoms with Gasteiger partial charge in [0.1, 0.15) is 5.82 Å². The van der Waals surface area contributed by atoms with Crippen molar-refractivity contribution in [2.24, 2.45) is 0 Å². The number of benzene rings is 2. The maximum absolute atomic E-state index is 13.2. The molecule has 1 heterocycles. The second-order valence-corrected chi connectivity index (χ2v) is 5.70. The Morgan fingerprint density at radius 2 is 2.00 bits per heavy atom. The highest BCUT2D eigenvalue weighted by Gasteiger charge is 2.16. The topological polar surface area (TPSA) is 41.1 Å². The van der Waals surface area contributed by atoms with Crippen LogP contribution in [-0.2, 0) is 24.4 Å². The lowest BCUT2D eigenvalue weighted by Crippen LogP contribution is -2.27. The summed E-state index contributed by atoms with van der Waals surface area (Å²) >= 11 is 0. The smallest absolute Gasteiger partial charge is 0.227 e. The van der Waals surface area contributed by atoms with Crippen LogP contribution in [0, 0.1) is 5.82 Å². The molecule has 0 saturated carbocycles. The van der Waals surface area contributed by atoms with E-state index in [0.717, 1.165) is 18.7 Å². The van der Waals surface area contributed by atoms with Crippen LogP contribution in [0.5, 0.6) is 0 Å². The highest BCUT2D eigenvalue weighted by atomic mass is 35.5. The fourth-order valence-corrected chi connectivity index (χ4v) is 2.73. The standard InChI is InChI=1S/C18H19FN2O.ClH/c1-12(14-3-2-4-17(19)8-14)18(22)21-9-13-5-6-15-10-20-11-16(15)7-13;/h2-8,12,20H,9-11H2,1H3,(H,21,22);1H. The van der Waals surface area contributed by atoms with E-state index in [0.29, 0.717) is 12.1 Å². The van der Waals surface area contributed by atoms with Gasteiger partial charge in [-0.25, -0.2) is 4.39 Å². The van der Waals surface area contributed by atoms with Gasteiger partial charge in [0.2, 0.25) is 5.91 Å². The quantitative estimate of drug-likeness (QED) is 0.901. The number of carbonyl (C=O) groups excluding carboxylic acids is 1. The largest absolute Gasteiger partial charge is 0.352 e. The van der Waals surface area contributed by atoms with Crippen molar-refractivity contribution in [2.75, 3.05) is 0 Å². The molecule has 1 amide bonds. The van der Waals surface area contributed by atoms with E-state index < -0.39 is 0 Å². The first-order valence-corrected chi connectivity index (χ1v) is 7.48. The molecule has 5 heteroatoms. The molecule has 122 valence electrons. The molecule has 2 aromatic carbocycles. The molecule has 0 radical (unpaired) electrons. The predicted molar refractivity (Wildman–Crippen MR) is 90.9 cm³/mol. The number of hydrogen-bond acceptors (Lipinski definition) is 2. The summed E-state index contributed by atoms with van der Waals surface area (Å²) in [6.45, 7) is 4.08. The van der Waals surface area contributed by atoms with Gasteiger partial charge >= 0.3 is 0 Å². The van der Waals surface area contributed by atoms with Crippen molar-refractivity contribution in [3.05, 3.63) is 70.5 Å². The van der Waals surface area contributed by atoms with Crippen LogP contribution in [0.1, 0.15) is 35.1 Å². The summed E-state index contributed by atoms with van der Waals surface area (Å²) in [5, 5.41) is 6.23. The van der Waals surface area contributed by atoms with E-state index in [2.05, 4.69) is 22.8 Å². The lowest BCUT2D eigenvalue weighted by Gasteiger charge is -2.13. The fraction of sp³-hybridized carbons (Fsp3) is 0.278. The van der Waals surface area contributed by atoms with Crippen molar-refractivity contribution >= 4 is 18.3 Å². The SMILES string of the molecule is CC(C(=O)NCc1ccc2c(c1)CNC2)c1cccc(F)c1.Cl. The Labute approximate surface area is 141 Å². The summed E-state index contributed by atoms with van der Waals surface area (Å²) in [7, 11) is 0. The molecular weight excluding hydrogens is 315 g/mol. The average molecular weight is 335 g/mol. The van der Waals surface area contributed by atoms with Gasteiger partial charge in [-0.1, -0.05) is 30.3 Å². The number of amides is 1. The van der Waals surface area contributed by atoms with Crippen molar-refractivity contribution in [2.45, 2.75) is 32.5 Å². The number of halogens is 2. The Morgan fingerprint density at radius 1 is 1.22 bits per heavy atom. The van der Waals surface area contributed by atoms with Gasteiger partial charge in [-0.2, -0.15) is 0 Å². The Morgan fingerprint density at radius 3 is 2.78 bits per heavy atom. The monoisotopic (exact) mass is 334 g/mol. The molecule has 0 fully saturated rings. The third kappa shape index (κ3) is 4.09. The number of hydrogen-bond donors (Lipinski definition) is 2. The third-order valence-electron chi connectivity index (χ3n) is 4.11. The van der Waals surface area contributed by atoms with E-state index in [1.165, 1.54) is 23.3 Å². The molecule has 1 aliphatic heterocycles. The maximum Gasteiger partial charge on any atom is 0.227 e. The van der Waals surface area contributed by atoms with E-state index in [-0.39, 0.29) is 30.0 Å². The summed E-state index contributed by atoms with van der Waals surface area (Å²) in [5.74, 6) is -0.778. The molecule has 1 atom stereocenters. The Hall–Kier alpha value is -1.91. The van der Waals surface area contributed by atoms with Gasteiger partial charge in [-0.15, -0.1) is 12.4 Å². The molecule has 2 N–H and O–H groups in total. The van der Waals surface area contributed by atoms with E-state index in [1.807, 2.05) is 6.07 Å². The van der Waals surface area contributed by atoms with Crippen molar-refractivity contribution in [1.82, 2.24) is 10.6 Å². The normalized spacial score (nSPS) is 13.8. The first kappa shape index (κ1) is 17.4. The number of carbonyl (C=O) groups is 1. The minimum Gasteiger partial charge on any atom is -0.352 e. The molecule has 0 bridgehead atoms. The summed E-state index contributed by atoms with van der Waals surface area (Å²) in [6, 6.07) is 12.5. The molecule has 1 aliphatic rings. The average Bonchev–Trinajstić information content (AvgIpc) is 2.99. The van der Waals surface area contributed by atoms with Gasteiger partial charge in [0, 0.05) is 19.6 Å². The third-order valence-corrected chi connectivity index (χ3v) is 4.11. The number of nitrogens with one attached hydrogen (secondary N) is 2. The molecule has 2 aromatic rings. The van der Waals surface area contributed by atoms with Crippen LogP contribution < -0.4 is 10.6 Å². The van der Waals surface area contributed by atoms with Crippen LogP contribution in [0.25, 0.3) is 0 Å². The molecular formula is C18H20ClFN2O.